The molecule has 0 aliphatic carbocycles. The van der Waals surface area contributed by atoms with Crippen molar-refractivity contribution in [3.05, 3.63) is 33.8 Å². The summed E-state index contributed by atoms with van der Waals surface area (Å²) in [5.41, 5.74) is 1.80. The van der Waals surface area contributed by atoms with Gasteiger partial charge in [-0.05, 0) is 30.2 Å². The summed E-state index contributed by atoms with van der Waals surface area (Å²) in [5.74, 6) is -1.74. The summed E-state index contributed by atoms with van der Waals surface area (Å²) >= 11 is 5.92. The molecule has 0 saturated heterocycles. The molecule has 1 atom stereocenters. The molecule has 1 N–H and O–H groups in total. The van der Waals surface area contributed by atoms with E-state index in [1.165, 1.54) is 0 Å². The van der Waals surface area contributed by atoms with E-state index < -0.39 is 18.0 Å². The van der Waals surface area contributed by atoms with Crippen molar-refractivity contribution >= 4 is 23.5 Å². The third-order valence-electron chi connectivity index (χ3n) is 2.67. The number of carboxylic acid groups (broad SMARTS) is 1. The minimum Gasteiger partial charge on any atom is -0.478 e. The summed E-state index contributed by atoms with van der Waals surface area (Å²) < 4.78 is 4.79. The van der Waals surface area contributed by atoms with Crippen molar-refractivity contribution in [1.82, 2.24) is 0 Å². The van der Waals surface area contributed by atoms with Gasteiger partial charge in [-0.25, -0.2) is 9.59 Å². The van der Waals surface area contributed by atoms with Crippen LogP contribution in [0.1, 0.15) is 21.5 Å². The van der Waals surface area contributed by atoms with Gasteiger partial charge in [-0.2, -0.15) is 0 Å². The van der Waals surface area contributed by atoms with E-state index in [4.69, 9.17) is 21.4 Å². The maximum absolute atomic E-state index is 11.5. The molecular weight excluding hydrogens is 232 g/mol. The van der Waals surface area contributed by atoms with Crippen LogP contribution in [0.5, 0.6) is 0 Å². The molecule has 84 valence electrons. The molecule has 0 spiro atoms. The van der Waals surface area contributed by atoms with Gasteiger partial charge in [0.2, 0.25) is 6.10 Å². The summed E-state index contributed by atoms with van der Waals surface area (Å²) in [7, 11) is 0. The lowest BCUT2D eigenvalue weighted by Gasteiger charge is -2.23. The first-order valence-corrected chi connectivity index (χ1v) is 5.10. The van der Waals surface area contributed by atoms with E-state index in [9.17, 15) is 9.59 Å². The second kappa shape index (κ2) is 3.79. The maximum atomic E-state index is 11.5. The highest BCUT2D eigenvalue weighted by Gasteiger charge is 2.32. The number of ether oxygens (including phenoxy) is 1. The minimum atomic E-state index is -1.14. The Morgan fingerprint density at radius 1 is 1.56 bits per heavy atom. The van der Waals surface area contributed by atoms with Crippen molar-refractivity contribution in [2.24, 2.45) is 0 Å². The number of fused-ring (bicyclic) bond motifs is 1. The van der Waals surface area contributed by atoms with Crippen molar-refractivity contribution in [3.8, 4) is 0 Å². The fourth-order valence-electron chi connectivity index (χ4n) is 1.74. The average Bonchev–Trinajstić information content (AvgIpc) is 2.23. The summed E-state index contributed by atoms with van der Waals surface area (Å²) in [4.78, 5) is 22.3. The van der Waals surface area contributed by atoms with Crippen LogP contribution in [0, 0.1) is 6.92 Å². The molecule has 2 rings (SSSR count). The van der Waals surface area contributed by atoms with E-state index >= 15 is 0 Å². The molecule has 1 unspecified atom stereocenters. The number of aliphatic carboxylic acids is 1. The van der Waals surface area contributed by atoms with Gasteiger partial charge in [0.25, 0.3) is 0 Å². The van der Waals surface area contributed by atoms with E-state index in [-0.39, 0.29) is 6.42 Å². The number of benzene rings is 1. The van der Waals surface area contributed by atoms with Gasteiger partial charge in [-0.3, -0.25) is 0 Å². The smallest absolute Gasteiger partial charge is 0.345 e. The van der Waals surface area contributed by atoms with Crippen molar-refractivity contribution in [3.63, 3.8) is 0 Å². The van der Waals surface area contributed by atoms with Crippen LogP contribution in [0.25, 0.3) is 0 Å². The lowest BCUT2D eigenvalue weighted by atomic mass is 9.94. The Hall–Kier alpha value is -1.55. The first-order valence-electron chi connectivity index (χ1n) is 4.72. The summed E-state index contributed by atoms with van der Waals surface area (Å²) in [6.45, 7) is 1.76. The number of carbonyl (C=O) groups is 2. The Labute approximate surface area is 96.8 Å². The highest BCUT2D eigenvalue weighted by molar-refractivity contribution is 6.31. The Kier molecular flexibility index (Phi) is 2.59. The molecule has 5 heteroatoms. The molecule has 16 heavy (non-hydrogen) atoms. The lowest BCUT2D eigenvalue weighted by Crippen LogP contribution is -2.34. The molecule has 0 fully saturated rings. The third-order valence-corrected chi connectivity index (χ3v) is 3.08. The predicted molar refractivity (Wildman–Crippen MR) is 56.7 cm³/mol. The molecule has 4 nitrogen and oxygen atoms in total. The molecular formula is C11H9ClO4. The summed E-state index contributed by atoms with van der Waals surface area (Å²) in [5, 5.41) is 9.36. The minimum absolute atomic E-state index is 0.169. The van der Waals surface area contributed by atoms with Gasteiger partial charge < -0.3 is 9.84 Å². The zero-order valence-corrected chi connectivity index (χ0v) is 9.25. The second-order valence-corrected chi connectivity index (χ2v) is 4.04. The van der Waals surface area contributed by atoms with E-state index in [1.54, 1.807) is 19.1 Å². The van der Waals surface area contributed by atoms with Gasteiger partial charge in [0, 0.05) is 11.4 Å². The van der Waals surface area contributed by atoms with E-state index in [0.717, 1.165) is 5.56 Å². The standard InChI is InChI=1S/C11H9ClO4/c1-5-7-4-9(10(13)14)16-11(15)6(7)2-3-8(5)12/h2-3,9H,4H2,1H3,(H,13,14). The van der Waals surface area contributed by atoms with Gasteiger partial charge in [-0.1, -0.05) is 11.6 Å². The summed E-state index contributed by atoms with van der Waals surface area (Å²) in [6, 6.07) is 3.17. The zero-order valence-electron chi connectivity index (χ0n) is 8.49. The molecule has 0 amide bonds. The fourth-order valence-corrected chi connectivity index (χ4v) is 1.92. The first-order chi connectivity index (χ1) is 7.50. The first kappa shape index (κ1) is 11.0. The van der Waals surface area contributed by atoms with Gasteiger partial charge >= 0.3 is 11.9 Å². The van der Waals surface area contributed by atoms with Crippen LogP contribution in [-0.4, -0.2) is 23.1 Å². The van der Waals surface area contributed by atoms with Crippen molar-refractivity contribution in [1.29, 1.82) is 0 Å². The Bertz CT molecular complexity index is 481. The van der Waals surface area contributed by atoms with Crippen LogP contribution >= 0.6 is 11.6 Å². The van der Waals surface area contributed by atoms with Crippen LogP contribution < -0.4 is 0 Å². The van der Waals surface area contributed by atoms with Crippen LogP contribution in [0.3, 0.4) is 0 Å². The second-order valence-electron chi connectivity index (χ2n) is 3.63. The summed E-state index contributed by atoms with van der Waals surface area (Å²) in [6.07, 6.45) is -0.944. The number of halogens is 1. The van der Waals surface area contributed by atoms with Gasteiger partial charge in [-0.15, -0.1) is 0 Å². The number of rotatable bonds is 1. The predicted octanol–water partition coefficient (Wildman–Crippen LogP) is 1.81. The van der Waals surface area contributed by atoms with E-state index in [0.29, 0.717) is 16.1 Å². The largest absolute Gasteiger partial charge is 0.478 e. The average molecular weight is 241 g/mol. The Morgan fingerprint density at radius 3 is 2.88 bits per heavy atom. The highest BCUT2D eigenvalue weighted by atomic mass is 35.5. The molecule has 1 aliphatic rings. The molecule has 0 radical (unpaired) electrons. The van der Waals surface area contributed by atoms with E-state index in [2.05, 4.69) is 0 Å². The topological polar surface area (TPSA) is 63.6 Å². The number of cyclic esters (lactones) is 1. The van der Waals surface area contributed by atoms with Crippen molar-refractivity contribution in [2.45, 2.75) is 19.4 Å². The number of esters is 1. The normalized spacial score (nSPS) is 18.9. The van der Waals surface area contributed by atoms with Gasteiger partial charge in [0.1, 0.15) is 0 Å². The molecule has 0 saturated carbocycles. The number of hydrogen-bond acceptors (Lipinski definition) is 3. The Balaban J connectivity index is 2.51. The number of carbonyl (C=O) groups excluding carboxylic acids is 1. The number of hydrogen-bond donors (Lipinski definition) is 1. The quantitative estimate of drug-likeness (QED) is 0.761. The maximum Gasteiger partial charge on any atom is 0.345 e. The molecule has 1 aliphatic heterocycles. The van der Waals surface area contributed by atoms with Crippen molar-refractivity contribution < 1.29 is 19.4 Å². The lowest BCUT2D eigenvalue weighted by molar-refractivity contribution is -0.147. The van der Waals surface area contributed by atoms with Crippen LogP contribution in [-0.2, 0) is 16.0 Å². The fraction of sp³-hybridized carbons (Fsp3) is 0.273. The molecule has 0 aromatic heterocycles. The molecule has 0 bridgehead atoms. The Morgan fingerprint density at radius 2 is 2.25 bits per heavy atom. The monoisotopic (exact) mass is 240 g/mol. The zero-order chi connectivity index (χ0) is 11.9. The van der Waals surface area contributed by atoms with Crippen LogP contribution in [0.15, 0.2) is 12.1 Å². The SMILES string of the molecule is Cc1c(Cl)ccc2c1CC(C(=O)O)OC2=O. The molecule has 1 aromatic carbocycles. The molecule has 1 heterocycles. The molecule has 1 aromatic rings. The van der Waals surface area contributed by atoms with E-state index in [1.807, 2.05) is 0 Å². The van der Waals surface area contributed by atoms with Gasteiger partial charge in [0.05, 0.1) is 5.56 Å². The van der Waals surface area contributed by atoms with Crippen LogP contribution in [0.4, 0.5) is 0 Å². The van der Waals surface area contributed by atoms with Gasteiger partial charge in [0.15, 0.2) is 0 Å². The third kappa shape index (κ3) is 1.65. The van der Waals surface area contributed by atoms with Crippen molar-refractivity contribution in [2.75, 3.05) is 0 Å². The highest BCUT2D eigenvalue weighted by Crippen LogP contribution is 2.28. The van der Waals surface area contributed by atoms with Crippen LogP contribution in [0.2, 0.25) is 5.02 Å². The number of carboxylic acids is 1.